The molecule has 4 unspecified atom stereocenters. The third-order valence-electron chi connectivity index (χ3n) is 8.29. The Bertz CT molecular complexity index is 1530. The van der Waals surface area contributed by atoms with E-state index in [9.17, 15) is 29.0 Å². The van der Waals surface area contributed by atoms with E-state index in [2.05, 4.69) is 4.90 Å². The van der Waals surface area contributed by atoms with Gasteiger partial charge in [0.2, 0.25) is 0 Å². The fourth-order valence-electron chi connectivity index (χ4n) is 6.16. The fraction of sp³-hybridized carbons (Fsp3) is 0.303. The lowest BCUT2D eigenvalue weighted by molar-refractivity contribution is 0.0932. The van der Waals surface area contributed by atoms with Crippen molar-refractivity contribution in [2.45, 2.75) is 56.8 Å². The summed E-state index contributed by atoms with van der Waals surface area (Å²) in [6.45, 7) is 1.80. The molecule has 9 heteroatoms. The van der Waals surface area contributed by atoms with Crippen molar-refractivity contribution in [3.8, 4) is 0 Å². The molecule has 1 aliphatic heterocycles. The molecule has 1 aliphatic carbocycles. The molecule has 3 aromatic rings. The van der Waals surface area contributed by atoms with Crippen LogP contribution in [0.2, 0.25) is 0 Å². The van der Waals surface area contributed by atoms with Gasteiger partial charge in [0.15, 0.2) is 0 Å². The summed E-state index contributed by atoms with van der Waals surface area (Å²) in [5.74, 6) is -0.231. The van der Waals surface area contributed by atoms with Gasteiger partial charge in [0.1, 0.15) is 5.82 Å². The van der Waals surface area contributed by atoms with Crippen molar-refractivity contribution < 1.29 is 29.0 Å². The number of benzene rings is 3. The van der Waals surface area contributed by atoms with Gasteiger partial charge in [-0.2, -0.15) is 0 Å². The molecule has 0 spiro atoms. The normalized spacial score (nSPS) is 23.5. The van der Waals surface area contributed by atoms with Gasteiger partial charge in [-0.15, -0.1) is 0 Å². The van der Waals surface area contributed by atoms with Gasteiger partial charge in [-0.1, -0.05) is 73.3 Å². The summed E-state index contributed by atoms with van der Waals surface area (Å²) in [6, 6.07) is 21.9. The highest BCUT2D eigenvalue weighted by Gasteiger charge is 2.46. The van der Waals surface area contributed by atoms with Crippen molar-refractivity contribution in [1.82, 2.24) is 0 Å². The lowest BCUT2D eigenvalue weighted by atomic mass is 9.75. The van der Waals surface area contributed by atoms with Gasteiger partial charge in [0.05, 0.1) is 28.0 Å². The van der Waals surface area contributed by atoms with Crippen LogP contribution in [0.25, 0.3) is 5.57 Å². The lowest BCUT2D eigenvalue weighted by Gasteiger charge is -2.40. The van der Waals surface area contributed by atoms with Crippen LogP contribution in [0, 0.1) is 11.7 Å². The number of aliphatic hydroxyl groups excluding tert-OH is 1. The molecule has 5 rings (SSSR count). The van der Waals surface area contributed by atoms with E-state index in [1.807, 2.05) is 42.5 Å². The van der Waals surface area contributed by atoms with E-state index in [1.54, 1.807) is 31.2 Å². The second-order valence-corrected chi connectivity index (χ2v) is 13.4. The van der Waals surface area contributed by atoms with Gasteiger partial charge in [-0.3, -0.25) is 4.57 Å². The molecule has 0 amide bonds. The van der Waals surface area contributed by atoms with E-state index in [0.29, 0.717) is 24.8 Å². The highest BCUT2D eigenvalue weighted by atomic mass is 32.1. The number of nitrogens with zero attached hydrogens (tertiary/aromatic N) is 1. The summed E-state index contributed by atoms with van der Waals surface area (Å²) in [5.41, 5.74) is 2.95. The maximum absolute atomic E-state index is 13.3. The summed E-state index contributed by atoms with van der Waals surface area (Å²) in [6.07, 6.45) is 6.28. The first-order chi connectivity index (χ1) is 19.9. The van der Waals surface area contributed by atoms with Crippen molar-refractivity contribution in [1.29, 1.82) is 0 Å². The summed E-state index contributed by atoms with van der Waals surface area (Å²) in [7, 11) is -4.34. The van der Waals surface area contributed by atoms with Gasteiger partial charge >= 0.3 is 7.60 Å². The topological polar surface area (TPSA) is 101 Å². The average Bonchev–Trinajstić information content (AvgIpc) is 3.28. The molecule has 4 N–H and O–H groups in total. The molecule has 2 aliphatic rings. The van der Waals surface area contributed by atoms with Crippen LogP contribution in [0.3, 0.4) is 0 Å². The minimum Gasteiger partial charge on any atom is -0.388 e. The molecule has 1 fully saturated rings. The molecule has 0 bridgehead atoms. The SMILES string of the molecule is CC1(O)CC(c2ccc(P(=O)(O)O)cc2)=CC=C1C1C(CCCC(O)c2ccc(F)cc2)CC(=S)N1c1ccccc1. The number of para-hydroxylation sites is 1. The first kappa shape index (κ1) is 30.5. The molecular weight excluding hydrogens is 572 g/mol. The van der Waals surface area contributed by atoms with E-state index in [0.717, 1.165) is 40.2 Å². The second kappa shape index (κ2) is 12.3. The smallest absolute Gasteiger partial charge is 0.356 e. The molecule has 220 valence electrons. The zero-order chi connectivity index (χ0) is 30.1. The average molecular weight is 608 g/mol. The Morgan fingerprint density at radius 1 is 1.02 bits per heavy atom. The molecular formula is C33H35FNO5PS. The number of halogens is 1. The van der Waals surface area contributed by atoms with Crippen LogP contribution in [0.5, 0.6) is 0 Å². The Morgan fingerprint density at radius 2 is 1.69 bits per heavy atom. The largest absolute Gasteiger partial charge is 0.388 e. The molecule has 0 radical (unpaired) electrons. The quantitative estimate of drug-likeness (QED) is 0.169. The predicted molar refractivity (Wildman–Crippen MR) is 168 cm³/mol. The van der Waals surface area contributed by atoms with E-state index in [-0.39, 0.29) is 23.1 Å². The molecule has 42 heavy (non-hydrogen) atoms. The van der Waals surface area contributed by atoms with Crippen molar-refractivity contribution in [2.24, 2.45) is 5.92 Å². The summed E-state index contributed by atoms with van der Waals surface area (Å²) in [4.78, 5) is 21.9. The van der Waals surface area contributed by atoms with Crippen LogP contribution in [-0.4, -0.2) is 36.6 Å². The molecule has 0 saturated carbocycles. The number of anilines is 1. The first-order valence-corrected chi connectivity index (χ1v) is 16.1. The molecule has 3 aromatic carbocycles. The number of thiocarbonyl (C=S) groups is 1. The third-order valence-corrected chi connectivity index (χ3v) is 9.62. The Morgan fingerprint density at radius 3 is 2.31 bits per heavy atom. The van der Waals surface area contributed by atoms with Crippen molar-refractivity contribution in [3.05, 3.63) is 114 Å². The zero-order valence-electron chi connectivity index (χ0n) is 23.3. The van der Waals surface area contributed by atoms with Crippen molar-refractivity contribution in [3.63, 3.8) is 0 Å². The van der Waals surface area contributed by atoms with Gasteiger partial charge in [0.25, 0.3) is 0 Å². The predicted octanol–water partition coefficient (Wildman–Crippen LogP) is 6.22. The van der Waals surface area contributed by atoms with Gasteiger partial charge in [0, 0.05) is 18.5 Å². The van der Waals surface area contributed by atoms with Crippen molar-refractivity contribution >= 4 is 41.4 Å². The minimum absolute atomic E-state index is 0.0454. The number of allylic oxidation sites excluding steroid dienone is 2. The van der Waals surface area contributed by atoms with E-state index in [1.165, 1.54) is 24.3 Å². The third kappa shape index (κ3) is 6.65. The highest BCUT2D eigenvalue weighted by molar-refractivity contribution is 7.80. The van der Waals surface area contributed by atoms with Crippen LogP contribution < -0.4 is 10.2 Å². The Labute approximate surface area is 251 Å². The molecule has 6 nitrogen and oxygen atoms in total. The van der Waals surface area contributed by atoms with Crippen LogP contribution in [0.15, 0.2) is 96.6 Å². The number of aliphatic hydroxyl groups is 2. The maximum atomic E-state index is 13.3. The standard InChI is InChI=1S/C33H35FNO5PS/c1-33(37)21-25(22-12-17-28(18-13-22)41(38,39)40)14-19-29(33)32-24(20-31(42)35(32)27-7-3-2-4-8-27)6-5-9-30(36)23-10-15-26(34)16-11-23/h2-4,7-8,10-19,24,30,32,36-37H,5-6,9,20-21H2,1H3,(H2,38,39,40). The molecule has 1 heterocycles. The number of rotatable bonds is 9. The van der Waals surface area contributed by atoms with Crippen molar-refractivity contribution in [2.75, 3.05) is 4.90 Å². The van der Waals surface area contributed by atoms with Gasteiger partial charge in [-0.05, 0) is 84.4 Å². The number of hydrogen-bond donors (Lipinski definition) is 4. The first-order valence-electron chi connectivity index (χ1n) is 14.0. The Balaban J connectivity index is 1.42. The second-order valence-electron chi connectivity index (χ2n) is 11.4. The Kier molecular flexibility index (Phi) is 8.95. The van der Waals surface area contributed by atoms with E-state index in [4.69, 9.17) is 12.2 Å². The summed E-state index contributed by atoms with van der Waals surface area (Å²) in [5, 5.41) is 22.5. The van der Waals surface area contributed by atoms with E-state index >= 15 is 0 Å². The summed E-state index contributed by atoms with van der Waals surface area (Å²) < 4.78 is 24.9. The molecule has 4 atom stereocenters. The Hall–Kier alpha value is -2.97. The van der Waals surface area contributed by atoms with Crippen LogP contribution in [-0.2, 0) is 4.57 Å². The highest BCUT2D eigenvalue weighted by Crippen LogP contribution is 2.45. The monoisotopic (exact) mass is 607 g/mol. The lowest BCUT2D eigenvalue weighted by Crippen LogP contribution is -2.45. The van der Waals surface area contributed by atoms with Crippen LogP contribution >= 0.6 is 19.8 Å². The number of hydrogen-bond acceptors (Lipinski definition) is 4. The molecule has 0 aromatic heterocycles. The maximum Gasteiger partial charge on any atom is 0.356 e. The van der Waals surface area contributed by atoms with E-state index < -0.39 is 19.3 Å². The molecule has 1 saturated heterocycles. The van der Waals surface area contributed by atoms with Gasteiger partial charge < -0.3 is 24.9 Å². The fourth-order valence-corrected chi connectivity index (χ4v) is 7.13. The minimum atomic E-state index is -4.34. The van der Waals surface area contributed by atoms with Crippen LogP contribution in [0.1, 0.15) is 56.3 Å². The zero-order valence-corrected chi connectivity index (χ0v) is 25.0. The van der Waals surface area contributed by atoms with Crippen LogP contribution in [0.4, 0.5) is 10.1 Å². The van der Waals surface area contributed by atoms with Gasteiger partial charge in [-0.25, -0.2) is 4.39 Å². The summed E-state index contributed by atoms with van der Waals surface area (Å²) >= 11 is 5.91.